The molecule has 0 radical (unpaired) electrons. The monoisotopic (exact) mass is 182 g/mol. The first-order valence-electron chi connectivity index (χ1n) is 5.76. The Labute approximate surface area is 81.7 Å². The second-order valence-corrected chi connectivity index (χ2v) is 4.76. The number of hydrogen-bond donors (Lipinski definition) is 1. The van der Waals surface area contributed by atoms with Crippen LogP contribution in [0.25, 0.3) is 0 Å². The SMILES string of the molecule is CCCN1CC2CNCC(C2)C1C. The molecule has 0 amide bonds. The van der Waals surface area contributed by atoms with E-state index < -0.39 is 0 Å². The summed E-state index contributed by atoms with van der Waals surface area (Å²) in [6.07, 6.45) is 2.77. The predicted octanol–water partition coefficient (Wildman–Crippen LogP) is 1.33. The smallest absolute Gasteiger partial charge is 0.0108 e. The van der Waals surface area contributed by atoms with Crippen LogP contribution in [-0.4, -0.2) is 37.1 Å². The summed E-state index contributed by atoms with van der Waals surface area (Å²) in [5, 5.41) is 3.55. The van der Waals surface area contributed by atoms with Crippen LogP contribution in [0.1, 0.15) is 26.7 Å². The van der Waals surface area contributed by atoms with Crippen molar-refractivity contribution in [2.45, 2.75) is 32.7 Å². The average molecular weight is 182 g/mol. The fourth-order valence-corrected chi connectivity index (χ4v) is 2.95. The van der Waals surface area contributed by atoms with Gasteiger partial charge < -0.3 is 10.2 Å². The van der Waals surface area contributed by atoms with Crippen molar-refractivity contribution in [1.82, 2.24) is 10.2 Å². The standard InChI is InChI=1S/C11H22N2/c1-3-4-13-8-10-5-11(9(13)2)7-12-6-10/h9-12H,3-8H2,1-2H3. The average Bonchev–Trinajstić information content (AvgIpc) is 2.15. The number of nitrogens with one attached hydrogen (secondary N) is 1. The number of fused-ring (bicyclic) bond motifs is 2. The highest BCUT2D eigenvalue weighted by Gasteiger charge is 2.34. The Morgan fingerprint density at radius 2 is 2.23 bits per heavy atom. The molecule has 2 bridgehead atoms. The first kappa shape index (κ1) is 9.47. The highest BCUT2D eigenvalue weighted by atomic mass is 15.2. The summed E-state index contributed by atoms with van der Waals surface area (Å²) in [6, 6.07) is 0.809. The second kappa shape index (κ2) is 3.97. The third kappa shape index (κ3) is 1.89. The quantitative estimate of drug-likeness (QED) is 0.693. The van der Waals surface area contributed by atoms with Gasteiger partial charge in [0.1, 0.15) is 0 Å². The van der Waals surface area contributed by atoms with Gasteiger partial charge in [-0.25, -0.2) is 0 Å². The van der Waals surface area contributed by atoms with E-state index in [-0.39, 0.29) is 0 Å². The molecule has 2 rings (SSSR count). The normalized spacial score (nSPS) is 40.6. The molecule has 3 unspecified atom stereocenters. The summed E-state index contributed by atoms with van der Waals surface area (Å²) in [5.41, 5.74) is 0. The Bertz CT molecular complexity index is 169. The molecular formula is C11H22N2. The van der Waals surface area contributed by atoms with Crippen molar-refractivity contribution in [3.05, 3.63) is 0 Å². The maximum atomic E-state index is 3.55. The van der Waals surface area contributed by atoms with Crippen molar-refractivity contribution >= 4 is 0 Å². The lowest BCUT2D eigenvalue weighted by Gasteiger charge is -2.46. The summed E-state index contributed by atoms with van der Waals surface area (Å²) < 4.78 is 0. The molecule has 2 saturated heterocycles. The molecule has 0 aromatic heterocycles. The third-order valence-corrected chi connectivity index (χ3v) is 3.74. The van der Waals surface area contributed by atoms with Crippen LogP contribution in [0.4, 0.5) is 0 Å². The molecule has 2 heteroatoms. The zero-order chi connectivity index (χ0) is 9.26. The highest BCUT2D eigenvalue weighted by Crippen LogP contribution is 2.29. The Morgan fingerprint density at radius 1 is 1.38 bits per heavy atom. The van der Waals surface area contributed by atoms with E-state index in [4.69, 9.17) is 0 Å². The van der Waals surface area contributed by atoms with E-state index in [1.54, 1.807) is 0 Å². The van der Waals surface area contributed by atoms with Gasteiger partial charge >= 0.3 is 0 Å². The van der Waals surface area contributed by atoms with E-state index in [9.17, 15) is 0 Å². The van der Waals surface area contributed by atoms with Crippen LogP contribution in [0.3, 0.4) is 0 Å². The van der Waals surface area contributed by atoms with Crippen LogP contribution < -0.4 is 5.32 Å². The minimum Gasteiger partial charge on any atom is -0.316 e. The molecule has 2 aliphatic rings. The van der Waals surface area contributed by atoms with Crippen molar-refractivity contribution in [2.75, 3.05) is 26.2 Å². The molecule has 0 spiro atoms. The van der Waals surface area contributed by atoms with Gasteiger partial charge in [-0.15, -0.1) is 0 Å². The van der Waals surface area contributed by atoms with Crippen molar-refractivity contribution in [2.24, 2.45) is 11.8 Å². The molecule has 1 N–H and O–H groups in total. The van der Waals surface area contributed by atoms with E-state index in [1.165, 1.54) is 39.0 Å². The first-order valence-corrected chi connectivity index (χ1v) is 5.76. The zero-order valence-electron chi connectivity index (χ0n) is 8.92. The van der Waals surface area contributed by atoms with Gasteiger partial charge in [0.15, 0.2) is 0 Å². The number of rotatable bonds is 2. The van der Waals surface area contributed by atoms with Crippen LogP contribution >= 0.6 is 0 Å². The fraction of sp³-hybridized carbons (Fsp3) is 1.00. The maximum Gasteiger partial charge on any atom is 0.0108 e. The molecule has 2 nitrogen and oxygen atoms in total. The predicted molar refractivity (Wildman–Crippen MR) is 55.8 cm³/mol. The zero-order valence-corrected chi connectivity index (χ0v) is 8.92. The van der Waals surface area contributed by atoms with Crippen molar-refractivity contribution in [3.63, 3.8) is 0 Å². The summed E-state index contributed by atoms with van der Waals surface area (Å²) >= 11 is 0. The Kier molecular flexibility index (Phi) is 2.89. The molecule has 76 valence electrons. The Morgan fingerprint density at radius 3 is 3.00 bits per heavy atom. The number of piperidine rings is 2. The van der Waals surface area contributed by atoms with Gasteiger partial charge in [0.05, 0.1) is 0 Å². The molecule has 0 aromatic rings. The number of likely N-dealkylation sites (tertiary alicyclic amines) is 1. The van der Waals surface area contributed by atoms with Gasteiger partial charge in [-0.1, -0.05) is 6.92 Å². The van der Waals surface area contributed by atoms with Gasteiger partial charge in [0.25, 0.3) is 0 Å². The van der Waals surface area contributed by atoms with Crippen LogP contribution in [0, 0.1) is 11.8 Å². The molecule has 2 fully saturated rings. The molecule has 3 atom stereocenters. The van der Waals surface area contributed by atoms with Crippen LogP contribution in [-0.2, 0) is 0 Å². The summed E-state index contributed by atoms with van der Waals surface area (Å²) in [7, 11) is 0. The molecule has 0 aromatic carbocycles. The van der Waals surface area contributed by atoms with Gasteiger partial charge in [0, 0.05) is 12.6 Å². The summed E-state index contributed by atoms with van der Waals surface area (Å²) in [4.78, 5) is 2.69. The lowest BCUT2D eigenvalue weighted by atomic mass is 9.81. The van der Waals surface area contributed by atoms with E-state index in [0.29, 0.717) is 0 Å². The topological polar surface area (TPSA) is 15.3 Å². The molecule has 2 aliphatic heterocycles. The maximum absolute atomic E-state index is 3.55. The van der Waals surface area contributed by atoms with Gasteiger partial charge in [-0.2, -0.15) is 0 Å². The molecule has 2 heterocycles. The van der Waals surface area contributed by atoms with Crippen molar-refractivity contribution < 1.29 is 0 Å². The molecule has 0 aliphatic carbocycles. The lowest BCUT2D eigenvalue weighted by Crippen LogP contribution is -2.55. The summed E-state index contributed by atoms with van der Waals surface area (Å²) in [6.45, 7) is 9.83. The summed E-state index contributed by atoms with van der Waals surface area (Å²) in [5.74, 6) is 1.85. The van der Waals surface area contributed by atoms with E-state index in [1.807, 2.05) is 0 Å². The van der Waals surface area contributed by atoms with E-state index >= 15 is 0 Å². The largest absolute Gasteiger partial charge is 0.316 e. The van der Waals surface area contributed by atoms with Gasteiger partial charge in [-0.05, 0) is 51.2 Å². The van der Waals surface area contributed by atoms with Gasteiger partial charge in [-0.3, -0.25) is 0 Å². The number of hydrogen-bond acceptors (Lipinski definition) is 2. The van der Waals surface area contributed by atoms with Crippen LogP contribution in [0.2, 0.25) is 0 Å². The molecular weight excluding hydrogens is 160 g/mol. The van der Waals surface area contributed by atoms with Gasteiger partial charge in [0.2, 0.25) is 0 Å². The third-order valence-electron chi connectivity index (χ3n) is 3.74. The fourth-order valence-electron chi connectivity index (χ4n) is 2.95. The Hall–Kier alpha value is -0.0800. The van der Waals surface area contributed by atoms with E-state index in [2.05, 4.69) is 24.1 Å². The highest BCUT2D eigenvalue weighted by molar-refractivity contribution is 4.90. The van der Waals surface area contributed by atoms with Crippen LogP contribution in [0.15, 0.2) is 0 Å². The first-order chi connectivity index (χ1) is 6.31. The molecule has 13 heavy (non-hydrogen) atoms. The van der Waals surface area contributed by atoms with Crippen molar-refractivity contribution in [1.29, 1.82) is 0 Å². The second-order valence-electron chi connectivity index (χ2n) is 4.76. The number of nitrogens with zero attached hydrogens (tertiary/aromatic N) is 1. The van der Waals surface area contributed by atoms with Crippen molar-refractivity contribution in [3.8, 4) is 0 Å². The minimum atomic E-state index is 0.809. The van der Waals surface area contributed by atoms with Crippen LogP contribution in [0.5, 0.6) is 0 Å². The molecule has 0 saturated carbocycles. The minimum absolute atomic E-state index is 0.809. The Balaban J connectivity index is 1.98. The van der Waals surface area contributed by atoms with E-state index in [0.717, 1.165) is 17.9 Å². The lowest BCUT2D eigenvalue weighted by molar-refractivity contribution is 0.0442.